The van der Waals surface area contributed by atoms with Crippen LogP contribution in [-0.2, 0) is 18.3 Å². The average molecular weight is 305 g/mol. The molecule has 0 fully saturated rings. The molecule has 3 heterocycles. The van der Waals surface area contributed by atoms with Crippen molar-refractivity contribution in [3.05, 3.63) is 39.8 Å². The fourth-order valence-corrected chi connectivity index (χ4v) is 3.38. The number of carbonyl (C=O) groups excluding carboxylic acids is 1. The number of aryl methyl sites for hydroxylation is 1. The maximum atomic E-state index is 12.6. The zero-order chi connectivity index (χ0) is 14.8. The van der Waals surface area contributed by atoms with Gasteiger partial charge in [-0.05, 0) is 18.4 Å². The molecule has 1 aliphatic heterocycles. The second-order valence-electron chi connectivity index (χ2n) is 5.26. The molecule has 0 spiro atoms. The number of rotatable bonds is 4. The highest BCUT2D eigenvalue weighted by Crippen LogP contribution is 2.29. The summed E-state index contributed by atoms with van der Waals surface area (Å²) in [5.41, 5.74) is 2.95. The van der Waals surface area contributed by atoms with Crippen LogP contribution in [-0.4, -0.2) is 40.3 Å². The summed E-state index contributed by atoms with van der Waals surface area (Å²) in [6, 6.07) is 1.87. The van der Waals surface area contributed by atoms with Gasteiger partial charge in [-0.15, -0.1) is 0 Å². The van der Waals surface area contributed by atoms with Crippen molar-refractivity contribution in [3.8, 4) is 0 Å². The average Bonchev–Trinajstić information content (AvgIpc) is 3.11. The standard InChI is InChI=1S/C15H19N3O2S/c1-3-20-9-12-6-18(15(19)11-4-5-21-10-11)8-14-13(12)7-17(2)16-14/h4-5,7,10,12H,3,6,8-9H2,1-2H3/t12-/m0/s1. The molecular formula is C15H19N3O2S. The highest BCUT2D eigenvalue weighted by molar-refractivity contribution is 7.08. The topological polar surface area (TPSA) is 47.4 Å². The third-order valence-electron chi connectivity index (χ3n) is 3.74. The fraction of sp³-hybridized carbons (Fsp3) is 0.467. The van der Waals surface area contributed by atoms with Crippen LogP contribution in [0.2, 0.25) is 0 Å². The van der Waals surface area contributed by atoms with Crippen LogP contribution in [0.15, 0.2) is 23.0 Å². The molecule has 1 aliphatic rings. The number of amides is 1. The van der Waals surface area contributed by atoms with Crippen molar-refractivity contribution >= 4 is 17.2 Å². The van der Waals surface area contributed by atoms with Crippen LogP contribution in [0.1, 0.15) is 34.5 Å². The normalized spacial score (nSPS) is 17.8. The van der Waals surface area contributed by atoms with Crippen molar-refractivity contribution in [1.82, 2.24) is 14.7 Å². The molecule has 0 radical (unpaired) electrons. The molecule has 6 heteroatoms. The third kappa shape index (κ3) is 2.87. The van der Waals surface area contributed by atoms with Gasteiger partial charge in [-0.1, -0.05) is 0 Å². The Balaban J connectivity index is 1.84. The van der Waals surface area contributed by atoms with E-state index in [0.717, 1.165) is 11.3 Å². The van der Waals surface area contributed by atoms with Crippen molar-refractivity contribution in [1.29, 1.82) is 0 Å². The Morgan fingerprint density at radius 2 is 2.43 bits per heavy atom. The largest absolute Gasteiger partial charge is 0.381 e. The molecule has 0 N–H and O–H groups in total. The van der Waals surface area contributed by atoms with E-state index in [4.69, 9.17) is 4.74 Å². The van der Waals surface area contributed by atoms with E-state index in [1.807, 2.05) is 46.6 Å². The van der Waals surface area contributed by atoms with Gasteiger partial charge in [-0.25, -0.2) is 0 Å². The number of thiophene rings is 1. The van der Waals surface area contributed by atoms with Crippen molar-refractivity contribution < 1.29 is 9.53 Å². The van der Waals surface area contributed by atoms with Crippen molar-refractivity contribution in [2.45, 2.75) is 19.4 Å². The summed E-state index contributed by atoms with van der Waals surface area (Å²) < 4.78 is 7.41. The summed E-state index contributed by atoms with van der Waals surface area (Å²) in [5, 5.41) is 8.32. The molecule has 0 saturated carbocycles. The lowest BCUT2D eigenvalue weighted by atomic mass is 9.95. The molecule has 0 unspecified atom stereocenters. The zero-order valence-electron chi connectivity index (χ0n) is 12.3. The monoisotopic (exact) mass is 305 g/mol. The molecule has 112 valence electrons. The van der Waals surface area contributed by atoms with Gasteiger partial charge in [0.05, 0.1) is 24.4 Å². The Kier molecular flexibility index (Phi) is 4.07. The van der Waals surface area contributed by atoms with E-state index in [0.29, 0.717) is 26.3 Å². The van der Waals surface area contributed by atoms with Crippen molar-refractivity contribution in [2.24, 2.45) is 7.05 Å². The number of nitrogens with zero attached hydrogens (tertiary/aromatic N) is 3. The van der Waals surface area contributed by atoms with Gasteiger partial charge in [-0.3, -0.25) is 9.48 Å². The van der Waals surface area contributed by atoms with Gasteiger partial charge >= 0.3 is 0 Å². The van der Waals surface area contributed by atoms with Gasteiger partial charge in [0.25, 0.3) is 5.91 Å². The Bertz CT molecular complexity index is 621. The van der Waals surface area contributed by atoms with E-state index in [2.05, 4.69) is 5.10 Å². The first-order chi connectivity index (χ1) is 10.2. The maximum Gasteiger partial charge on any atom is 0.255 e. The smallest absolute Gasteiger partial charge is 0.255 e. The van der Waals surface area contributed by atoms with Gasteiger partial charge in [0.1, 0.15) is 0 Å². The number of aromatic nitrogens is 2. The molecule has 2 aromatic rings. The summed E-state index contributed by atoms with van der Waals surface area (Å²) in [7, 11) is 1.92. The minimum atomic E-state index is 0.0778. The van der Waals surface area contributed by atoms with Crippen molar-refractivity contribution in [3.63, 3.8) is 0 Å². The quantitative estimate of drug-likeness (QED) is 0.870. The molecule has 0 aliphatic carbocycles. The van der Waals surface area contributed by atoms with Crippen LogP contribution in [0.5, 0.6) is 0 Å². The summed E-state index contributed by atoms with van der Waals surface area (Å²) in [6.07, 6.45) is 2.05. The fourth-order valence-electron chi connectivity index (χ4n) is 2.75. The summed E-state index contributed by atoms with van der Waals surface area (Å²) in [4.78, 5) is 14.4. The van der Waals surface area contributed by atoms with Gasteiger partial charge in [0, 0.05) is 43.3 Å². The molecule has 3 rings (SSSR count). The summed E-state index contributed by atoms with van der Waals surface area (Å²) in [5.74, 6) is 0.277. The Morgan fingerprint density at radius 1 is 1.57 bits per heavy atom. The number of ether oxygens (including phenoxy) is 1. The number of carbonyl (C=O) groups is 1. The Hall–Kier alpha value is -1.66. The van der Waals surface area contributed by atoms with Gasteiger partial charge in [0.15, 0.2) is 0 Å². The predicted octanol–water partition coefficient (Wildman–Crippen LogP) is 2.26. The van der Waals surface area contributed by atoms with Gasteiger partial charge < -0.3 is 9.64 Å². The molecule has 0 saturated heterocycles. The molecule has 2 aromatic heterocycles. The van der Waals surface area contributed by atoms with Crippen LogP contribution >= 0.6 is 11.3 Å². The van der Waals surface area contributed by atoms with Crippen molar-refractivity contribution in [2.75, 3.05) is 19.8 Å². The van der Waals surface area contributed by atoms with E-state index < -0.39 is 0 Å². The van der Waals surface area contributed by atoms with E-state index in [1.165, 1.54) is 5.56 Å². The first-order valence-electron chi connectivity index (χ1n) is 7.10. The Morgan fingerprint density at radius 3 is 3.14 bits per heavy atom. The van der Waals surface area contributed by atoms with Gasteiger partial charge in [0.2, 0.25) is 0 Å². The van der Waals surface area contributed by atoms with E-state index in [-0.39, 0.29) is 11.8 Å². The van der Waals surface area contributed by atoms with Crippen LogP contribution in [0.25, 0.3) is 0 Å². The van der Waals surface area contributed by atoms with Gasteiger partial charge in [-0.2, -0.15) is 16.4 Å². The first-order valence-corrected chi connectivity index (χ1v) is 8.05. The predicted molar refractivity (Wildman–Crippen MR) is 81.5 cm³/mol. The Labute approximate surface area is 128 Å². The lowest BCUT2D eigenvalue weighted by molar-refractivity contribution is 0.0652. The summed E-state index contributed by atoms with van der Waals surface area (Å²) >= 11 is 1.54. The molecule has 5 nitrogen and oxygen atoms in total. The molecule has 0 bridgehead atoms. The SMILES string of the molecule is CCOC[C@@H]1CN(C(=O)c2ccsc2)Cc2nn(C)cc21. The second kappa shape index (κ2) is 5.99. The minimum Gasteiger partial charge on any atom is -0.381 e. The van der Waals surface area contributed by atoms with Crippen LogP contribution in [0, 0.1) is 0 Å². The van der Waals surface area contributed by atoms with Crippen LogP contribution < -0.4 is 0 Å². The number of hydrogen-bond donors (Lipinski definition) is 0. The lowest BCUT2D eigenvalue weighted by Gasteiger charge is -2.31. The molecule has 1 amide bonds. The molecule has 0 aromatic carbocycles. The summed E-state index contributed by atoms with van der Waals surface area (Å²) in [6.45, 7) is 4.56. The number of hydrogen-bond acceptors (Lipinski definition) is 4. The highest BCUT2D eigenvalue weighted by atomic mass is 32.1. The van der Waals surface area contributed by atoms with E-state index in [1.54, 1.807) is 11.3 Å². The van der Waals surface area contributed by atoms with E-state index >= 15 is 0 Å². The second-order valence-corrected chi connectivity index (χ2v) is 6.04. The van der Waals surface area contributed by atoms with Crippen LogP contribution in [0.3, 0.4) is 0 Å². The molecule has 1 atom stereocenters. The van der Waals surface area contributed by atoms with Crippen LogP contribution in [0.4, 0.5) is 0 Å². The molecule has 21 heavy (non-hydrogen) atoms. The third-order valence-corrected chi connectivity index (χ3v) is 4.42. The molecular weight excluding hydrogens is 286 g/mol. The first kappa shape index (κ1) is 14.3. The lowest BCUT2D eigenvalue weighted by Crippen LogP contribution is -2.39. The minimum absolute atomic E-state index is 0.0778. The highest BCUT2D eigenvalue weighted by Gasteiger charge is 2.31. The zero-order valence-corrected chi connectivity index (χ0v) is 13.1. The number of fused-ring (bicyclic) bond motifs is 1. The van der Waals surface area contributed by atoms with E-state index in [9.17, 15) is 4.79 Å². The maximum absolute atomic E-state index is 12.6.